The maximum Gasteiger partial charge on any atom is 0.164 e. The quantitative estimate of drug-likeness (QED) is 0.856. The number of para-hydroxylation sites is 1. The van der Waals surface area contributed by atoms with E-state index in [0.717, 1.165) is 24.0 Å². The Hall–Kier alpha value is -1.81. The maximum atomic E-state index is 4.59. The van der Waals surface area contributed by atoms with Gasteiger partial charge in [-0.05, 0) is 23.8 Å². The van der Waals surface area contributed by atoms with Gasteiger partial charge in [0.2, 0.25) is 0 Å². The molecule has 0 saturated heterocycles. The minimum Gasteiger partial charge on any atom is -0.317 e. The van der Waals surface area contributed by atoms with Crippen LogP contribution in [0.15, 0.2) is 59.9 Å². The summed E-state index contributed by atoms with van der Waals surface area (Å²) >= 11 is 1.82. The number of hydrogen-bond acceptors (Lipinski definition) is 4. The van der Waals surface area contributed by atoms with E-state index in [1.165, 1.54) is 11.3 Å². The molecule has 0 N–H and O–H groups in total. The fourth-order valence-corrected chi connectivity index (χ4v) is 2.91. The summed E-state index contributed by atoms with van der Waals surface area (Å²) in [5.74, 6) is 1.08. The molecule has 19 heavy (non-hydrogen) atoms. The van der Waals surface area contributed by atoms with Crippen molar-refractivity contribution in [3.05, 3.63) is 60.4 Å². The molecule has 96 valence electrons. The molecule has 1 aromatic carbocycles. The molecule has 1 aromatic heterocycles. The van der Waals surface area contributed by atoms with Crippen LogP contribution in [0.1, 0.15) is 5.56 Å². The van der Waals surface area contributed by atoms with Crippen LogP contribution in [0.25, 0.3) is 0 Å². The Bertz CT molecular complexity index is 554. The van der Waals surface area contributed by atoms with Crippen LogP contribution in [0, 0.1) is 0 Å². The molecule has 2 aromatic rings. The second-order valence-electron chi connectivity index (χ2n) is 4.30. The number of aromatic nitrogens is 1. The molecule has 0 atom stereocenters. The molecule has 3 rings (SSSR count). The third kappa shape index (κ3) is 2.96. The lowest BCUT2D eigenvalue weighted by Gasteiger charge is -2.24. The van der Waals surface area contributed by atoms with Gasteiger partial charge in [-0.15, -0.1) is 0 Å². The van der Waals surface area contributed by atoms with Crippen LogP contribution in [0.4, 0.5) is 5.69 Å². The van der Waals surface area contributed by atoms with Gasteiger partial charge in [-0.3, -0.25) is 9.98 Å². The fraction of sp³-hybridized carbons (Fsp3) is 0.200. The summed E-state index contributed by atoms with van der Waals surface area (Å²) in [5.41, 5.74) is 2.38. The summed E-state index contributed by atoms with van der Waals surface area (Å²) in [6.07, 6.45) is 3.72. The van der Waals surface area contributed by atoms with Gasteiger partial charge < -0.3 is 4.90 Å². The Morgan fingerprint density at radius 3 is 2.68 bits per heavy atom. The lowest BCUT2D eigenvalue weighted by atomic mass is 10.2. The SMILES string of the molecule is c1ccc(N(Cc2cccnc2)C2=NCCS2)cc1. The van der Waals surface area contributed by atoms with Crippen LogP contribution in [0.2, 0.25) is 0 Å². The molecule has 1 aliphatic rings. The molecule has 0 bridgehead atoms. The summed E-state index contributed by atoms with van der Waals surface area (Å²) in [6, 6.07) is 14.5. The van der Waals surface area contributed by atoms with Gasteiger partial charge in [0.1, 0.15) is 0 Å². The van der Waals surface area contributed by atoms with Gasteiger partial charge in [0.15, 0.2) is 5.17 Å². The van der Waals surface area contributed by atoms with E-state index in [9.17, 15) is 0 Å². The molecule has 0 aliphatic carbocycles. The van der Waals surface area contributed by atoms with E-state index < -0.39 is 0 Å². The highest BCUT2D eigenvalue weighted by Gasteiger charge is 2.17. The van der Waals surface area contributed by atoms with Gasteiger partial charge in [-0.25, -0.2) is 0 Å². The smallest absolute Gasteiger partial charge is 0.164 e. The Kier molecular flexibility index (Phi) is 3.79. The highest BCUT2D eigenvalue weighted by Crippen LogP contribution is 2.24. The number of anilines is 1. The summed E-state index contributed by atoms with van der Waals surface area (Å²) in [7, 11) is 0. The standard InChI is InChI=1S/C15H15N3S/c1-2-6-14(7-3-1)18(15-17-9-10-19-15)12-13-5-4-8-16-11-13/h1-8,11H,9-10,12H2. The monoisotopic (exact) mass is 269 g/mol. The third-order valence-electron chi connectivity index (χ3n) is 2.93. The van der Waals surface area contributed by atoms with E-state index in [4.69, 9.17) is 0 Å². The number of pyridine rings is 1. The van der Waals surface area contributed by atoms with E-state index in [-0.39, 0.29) is 0 Å². The van der Waals surface area contributed by atoms with Crippen molar-refractivity contribution in [2.24, 2.45) is 4.99 Å². The average molecular weight is 269 g/mol. The van der Waals surface area contributed by atoms with E-state index in [1.54, 1.807) is 6.20 Å². The minimum atomic E-state index is 0.809. The molecule has 0 radical (unpaired) electrons. The highest BCUT2D eigenvalue weighted by atomic mass is 32.2. The Morgan fingerprint density at radius 1 is 1.11 bits per heavy atom. The van der Waals surface area contributed by atoms with Crippen molar-refractivity contribution in [2.75, 3.05) is 17.2 Å². The number of amidine groups is 1. The molecule has 0 saturated carbocycles. The summed E-state index contributed by atoms with van der Waals surface area (Å²) in [5, 5.41) is 1.11. The molecule has 0 fully saturated rings. The first-order chi connectivity index (χ1) is 9.43. The van der Waals surface area contributed by atoms with Crippen LogP contribution in [0.5, 0.6) is 0 Å². The van der Waals surface area contributed by atoms with Crippen molar-refractivity contribution >= 4 is 22.6 Å². The third-order valence-corrected chi connectivity index (χ3v) is 3.93. The van der Waals surface area contributed by atoms with Crippen molar-refractivity contribution < 1.29 is 0 Å². The normalized spacial score (nSPS) is 14.2. The predicted octanol–water partition coefficient (Wildman–Crippen LogP) is 3.19. The van der Waals surface area contributed by atoms with Gasteiger partial charge in [0.05, 0.1) is 13.1 Å². The molecule has 0 unspecified atom stereocenters. The highest BCUT2D eigenvalue weighted by molar-refractivity contribution is 8.14. The second kappa shape index (κ2) is 5.89. The Labute approximate surface area is 117 Å². The zero-order valence-corrected chi connectivity index (χ0v) is 11.4. The molecule has 0 amide bonds. The van der Waals surface area contributed by atoms with Crippen LogP contribution in [-0.2, 0) is 6.54 Å². The van der Waals surface area contributed by atoms with Crippen molar-refractivity contribution in [3.63, 3.8) is 0 Å². The number of nitrogens with zero attached hydrogens (tertiary/aromatic N) is 3. The van der Waals surface area contributed by atoms with Crippen molar-refractivity contribution in [2.45, 2.75) is 6.54 Å². The minimum absolute atomic E-state index is 0.809. The zero-order chi connectivity index (χ0) is 12.9. The van der Waals surface area contributed by atoms with Crippen molar-refractivity contribution in [1.82, 2.24) is 4.98 Å². The van der Waals surface area contributed by atoms with E-state index in [0.29, 0.717) is 0 Å². The second-order valence-corrected chi connectivity index (χ2v) is 5.36. The molecular weight excluding hydrogens is 254 g/mol. The number of hydrogen-bond donors (Lipinski definition) is 0. The van der Waals surface area contributed by atoms with Crippen molar-refractivity contribution in [1.29, 1.82) is 0 Å². The van der Waals surface area contributed by atoms with E-state index in [2.05, 4.69) is 45.2 Å². The van der Waals surface area contributed by atoms with Gasteiger partial charge in [-0.2, -0.15) is 0 Å². The fourth-order valence-electron chi connectivity index (χ4n) is 2.04. The molecule has 2 heterocycles. The first-order valence-corrected chi connectivity index (χ1v) is 7.31. The average Bonchev–Trinajstić information content (AvgIpc) is 3.01. The van der Waals surface area contributed by atoms with E-state index in [1.807, 2.05) is 30.1 Å². The Morgan fingerprint density at radius 2 is 2.00 bits per heavy atom. The Balaban J connectivity index is 1.89. The molecule has 3 nitrogen and oxygen atoms in total. The lowest BCUT2D eigenvalue weighted by Crippen LogP contribution is -2.27. The summed E-state index contributed by atoms with van der Waals surface area (Å²) in [4.78, 5) is 11.0. The topological polar surface area (TPSA) is 28.5 Å². The number of benzene rings is 1. The maximum absolute atomic E-state index is 4.59. The number of thioether (sulfide) groups is 1. The lowest BCUT2D eigenvalue weighted by molar-refractivity contribution is 0.994. The molecule has 0 spiro atoms. The zero-order valence-electron chi connectivity index (χ0n) is 10.6. The molecule has 1 aliphatic heterocycles. The van der Waals surface area contributed by atoms with Gasteiger partial charge in [0, 0.05) is 23.8 Å². The van der Waals surface area contributed by atoms with Crippen molar-refractivity contribution in [3.8, 4) is 0 Å². The van der Waals surface area contributed by atoms with Crippen LogP contribution in [-0.4, -0.2) is 22.4 Å². The first-order valence-electron chi connectivity index (χ1n) is 6.32. The van der Waals surface area contributed by atoms with E-state index >= 15 is 0 Å². The largest absolute Gasteiger partial charge is 0.317 e. The van der Waals surface area contributed by atoms with Crippen LogP contribution >= 0.6 is 11.8 Å². The predicted molar refractivity (Wildman–Crippen MR) is 81.6 cm³/mol. The van der Waals surface area contributed by atoms with Crippen LogP contribution in [0.3, 0.4) is 0 Å². The number of aliphatic imine (C=N–C) groups is 1. The van der Waals surface area contributed by atoms with Crippen LogP contribution < -0.4 is 4.90 Å². The van der Waals surface area contributed by atoms with Gasteiger partial charge in [-0.1, -0.05) is 36.0 Å². The number of rotatable bonds is 3. The molecular formula is C15H15N3S. The first kappa shape index (κ1) is 12.2. The van der Waals surface area contributed by atoms with Gasteiger partial charge >= 0.3 is 0 Å². The van der Waals surface area contributed by atoms with Gasteiger partial charge in [0.25, 0.3) is 0 Å². The molecule has 4 heteroatoms. The summed E-state index contributed by atoms with van der Waals surface area (Å²) in [6.45, 7) is 1.72. The summed E-state index contributed by atoms with van der Waals surface area (Å²) < 4.78 is 0.